The van der Waals surface area contributed by atoms with E-state index in [2.05, 4.69) is 58.7 Å². The molecule has 26 heavy (non-hydrogen) atoms. The molecule has 138 valence electrons. The molecule has 2 rings (SSSR count). The monoisotopic (exact) mass is 354 g/mol. The highest BCUT2D eigenvalue weighted by molar-refractivity contribution is 5.86. The Labute approximate surface area is 154 Å². The van der Waals surface area contributed by atoms with Crippen molar-refractivity contribution in [1.29, 1.82) is 0 Å². The summed E-state index contributed by atoms with van der Waals surface area (Å²) in [5, 5.41) is 21.0. The Morgan fingerprint density at radius 2 is 1.65 bits per heavy atom. The van der Waals surface area contributed by atoms with E-state index in [-0.39, 0.29) is 22.3 Å². The first-order valence-electron chi connectivity index (χ1n) is 8.56. The van der Waals surface area contributed by atoms with Crippen LogP contribution in [0, 0.1) is 10.1 Å². The third kappa shape index (κ3) is 4.48. The molecule has 0 saturated carbocycles. The van der Waals surface area contributed by atoms with Crippen LogP contribution >= 0.6 is 0 Å². The summed E-state index contributed by atoms with van der Waals surface area (Å²) in [6, 6.07) is 10.2. The highest BCUT2D eigenvalue weighted by Crippen LogP contribution is 2.35. The van der Waals surface area contributed by atoms with Crippen LogP contribution in [0.1, 0.15) is 58.2 Å². The SMILES string of the molecule is CC(C)(C)c1ccc(C(C)(C)C)c(N=Cc2cc([N+](=O)[O-])ccc2O)c1. The maximum Gasteiger partial charge on any atom is 0.270 e. The van der Waals surface area contributed by atoms with Gasteiger partial charge in [-0.2, -0.15) is 0 Å². The minimum absolute atomic E-state index is 0.0195. The van der Waals surface area contributed by atoms with Crippen molar-refractivity contribution in [3.8, 4) is 5.75 Å². The summed E-state index contributed by atoms with van der Waals surface area (Å²) in [6.45, 7) is 12.8. The van der Waals surface area contributed by atoms with Crippen molar-refractivity contribution < 1.29 is 10.0 Å². The first kappa shape index (κ1) is 19.6. The number of rotatable bonds is 3. The van der Waals surface area contributed by atoms with Crippen molar-refractivity contribution in [1.82, 2.24) is 0 Å². The first-order chi connectivity index (χ1) is 11.9. The minimum Gasteiger partial charge on any atom is -0.507 e. The van der Waals surface area contributed by atoms with Crippen LogP contribution in [-0.4, -0.2) is 16.2 Å². The minimum atomic E-state index is -0.489. The van der Waals surface area contributed by atoms with E-state index in [0.717, 1.165) is 16.8 Å². The summed E-state index contributed by atoms with van der Waals surface area (Å²) in [5.41, 5.74) is 3.15. The zero-order valence-electron chi connectivity index (χ0n) is 16.2. The van der Waals surface area contributed by atoms with Gasteiger partial charge in [-0.1, -0.05) is 53.7 Å². The molecule has 2 aromatic rings. The lowest BCUT2D eigenvalue weighted by Gasteiger charge is -2.25. The summed E-state index contributed by atoms with van der Waals surface area (Å²) in [5.74, 6) is -0.0383. The molecule has 2 aromatic carbocycles. The molecule has 0 aromatic heterocycles. The molecule has 0 radical (unpaired) electrons. The second-order valence-electron chi connectivity index (χ2n) is 8.49. The third-order valence-electron chi connectivity index (χ3n) is 4.24. The van der Waals surface area contributed by atoms with Gasteiger partial charge < -0.3 is 5.11 Å². The van der Waals surface area contributed by atoms with Gasteiger partial charge in [0.1, 0.15) is 5.75 Å². The largest absolute Gasteiger partial charge is 0.507 e. The van der Waals surface area contributed by atoms with Crippen molar-refractivity contribution in [3.05, 3.63) is 63.2 Å². The molecule has 0 aliphatic heterocycles. The van der Waals surface area contributed by atoms with Crippen LogP contribution in [0.15, 0.2) is 41.4 Å². The second-order valence-corrected chi connectivity index (χ2v) is 8.49. The molecule has 0 aliphatic rings. The Bertz CT molecular complexity index is 857. The third-order valence-corrected chi connectivity index (χ3v) is 4.24. The summed E-state index contributed by atoms with van der Waals surface area (Å²) < 4.78 is 0. The van der Waals surface area contributed by atoms with E-state index in [4.69, 9.17) is 0 Å². The molecule has 0 saturated heterocycles. The predicted octanol–water partition coefficient (Wildman–Crippen LogP) is 5.65. The van der Waals surface area contributed by atoms with Gasteiger partial charge in [-0.15, -0.1) is 0 Å². The Morgan fingerprint density at radius 3 is 2.19 bits per heavy atom. The lowest BCUT2D eigenvalue weighted by molar-refractivity contribution is -0.384. The number of non-ortho nitro benzene ring substituents is 1. The van der Waals surface area contributed by atoms with Crippen LogP contribution in [0.5, 0.6) is 5.75 Å². The molecule has 0 spiro atoms. The van der Waals surface area contributed by atoms with E-state index >= 15 is 0 Å². The number of hydrogen-bond donors (Lipinski definition) is 1. The number of phenolic OH excluding ortho intramolecular Hbond substituents is 1. The van der Waals surface area contributed by atoms with Crippen molar-refractivity contribution in [2.24, 2.45) is 4.99 Å². The number of benzene rings is 2. The normalized spacial score (nSPS) is 12.5. The Hall–Kier alpha value is -2.69. The summed E-state index contributed by atoms with van der Waals surface area (Å²) in [6.07, 6.45) is 1.49. The van der Waals surface area contributed by atoms with Gasteiger partial charge in [-0.05, 0) is 34.1 Å². The first-order valence-corrected chi connectivity index (χ1v) is 8.56. The van der Waals surface area contributed by atoms with E-state index in [1.165, 1.54) is 24.4 Å². The molecule has 0 amide bonds. The molecule has 5 nitrogen and oxygen atoms in total. The molecule has 0 unspecified atom stereocenters. The summed E-state index contributed by atoms with van der Waals surface area (Å²) >= 11 is 0. The second kappa shape index (κ2) is 6.90. The number of nitrogens with zero attached hydrogens (tertiary/aromatic N) is 2. The van der Waals surface area contributed by atoms with Crippen molar-refractivity contribution >= 4 is 17.6 Å². The van der Waals surface area contributed by atoms with E-state index in [1.54, 1.807) is 0 Å². The number of aliphatic imine (C=N–C) groups is 1. The molecule has 0 bridgehead atoms. The maximum atomic E-state index is 11.0. The van der Waals surface area contributed by atoms with E-state index in [1.807, 2.05) is 6.07 Å². The van der Waals surface area contributed by atoms with Crippen LogP contribution < -0.4 is 0 Å². The van der Waals surface area contributed by atoms with Crippen LogP contribution in [-0.2, 0) is 10.8 Å². The average Bonchev–Trinajstić information content (AvgIpc) is 2.51. The Morgan fingerprint density at radius 1 is 1.00 bits per heavy atom. The average molecular weight is 354 g/mol. The van der Waals surface area contributed by atoms with Gasteiger partial charge in [-0.25, -0.2) is 0 Å². The zero-order valence-corrected chi connectivity index (χ0v) is 16.2. The fourth-order valence-corrected chi connectivity index (χ4v) is 2.64. The highest BCUT2D eigenvalue weighted by atomic mass is 16.6. The van der Waals surface area contributed by atoms with E-state index in [0.29, 0.717) is 5.56 Å². The lowest BCUT2D eigenvalue weighted by atomic mass is 9.81. The van der Waals surface area contributed by atoms with Crippen molar-refractivity contribution in [2.45, 2.75) is 52.4 Å². The number of aromatic hydroxyl groups is 1. The molecule has 5 heteroatoms. The van der Waals surface area contributed by atoms with Crippen LogP contribution in [0.25, 0.3) is 0 Å². The molecule has 1 N–H and O–H groups in total. The van der Waals surface area contributed by atoms with Gasteiger partial charge in [0.2, 0.25) is 0 Å². The number of nitro groups is 1. The standard InChI is InChI=1S/C21H26N2O3/c1-20(2,3)15-7-9-17(21(4,5)6)18(12-15)22-13-14-11-16(23(25)26)8-10-19(14)24/h7-13,24H,1-6H3. The molecule has 0 atom stereocenters. The van der Waals surface area contributed by atoms with Gasteiger partial charge in [-0.3, -0.25) is 15.1 Å². The molecular weight excluding hydrogens is 328 g/mol. The van der Waals surface area contributed by atoms with Crippen LogP contribution in [0.2, 0.25) is 0 Å². The lowest BCUT2D eigenvalue weighted by Crippen LogP contribution is -2.15. The fraction of sp³-hybridized carbons (Fsp3) is 0.381. The Balaban J connectivity index is 2.55. The van der Waals surface area contributed by atoms with Gasteiger partial charge in [0.05, 0.1) is 10.6 Å². The number of hydrogen-bond acceptors (Lipinski definition) is 4. The van der Waals surface area contributed by atoms with Crippen molar-refractivity contribution in [3.63, 3.8) is 0 Å². The van der Waals surface area contributed by atoms with Gasteiger partial charge in [0.25, 0.3) is 5.69 Å². The van der Waals surface area contributed by atoms with Gasteiger partial charge >= 0.3 is 0 Å². The van der Waals surface area contributed by atoms with E-state index in [9.17, 15) is 15.2 Å². The van der Waals surface area contributed by atoms with Crippen LogP contribution in [0.4, 0.5) is 11.4 Å². The summed E-state index contributed by atoms with van der Waals surface area (Å²) in [4.78, 5) is 15.0. The molecule has 0 heterocycles. The molecule has 0 fully saturated rings. The quantitative estimate of drug-likeness (QED) is 0.440. The zero-order chi connectivity index (χ0) is 19.7. The smallest absolute Gasteiger partial charge is 0.270 e. The Kier molecular flexibility index (Phi) is 5.21. The topological polar surface area (TPSA) is 75.7 Å². The predicted molar refractivity (Wildman–Crippen MR) is 106 cm³/mol. The maximum absolute atomic E-state index is 11.0. The van der Waals surface area contributed by atoms with E-state index < -0.39 is 4.92 Å². The van der Waals surface area contributed by atoms with Crippen LogP contribution in [0.3, 0.4) is 0 Å². The summed E-state index contributed by atoms with van der Waals surface area (Å²) in [7, 11) is 0. The molecule has 0 aliphatic carbocycles. The highest BCUT2D eigenvalue weighted by Gasteiger charge is 2.21. The number of phenols is 1. The molecular formula is C21H26N2O3. The van der Waals surface area contributed by atoms with Crippen molar-refractivity contribution in [2.75, 3.05) is 0 Å². The fourth-order valence-electron chi connectivity index (χ4n) is 2.64. The van der Waals surface area contributed by atoms with Gasteiger partial charge in [0, 0.05) is 23.9 Å². The number of nitro benzene ring substituents is 1. The van der Waals surface area contributed by atoms with Gasteiger partial charge in [0.15, 0.2) is 0 Å².